The molecule has 1 atom stereocenters. The third-order valence-corrected chi connectivity index (χ3v) is 1.63. The predicted octanol–water partition coefficient (Wildman–Crippen LogP) is 1.35. The molecule has 64 valence electrons. The Morgan fingerprint density at radius 1 is 1.73 bits per heavy atom. The molecule has 1 unspecified atom stereocenters. The van der Waals surface area contributed by atoms with Gasteiger partial charge in [-0.05, 0) is 19.4 Å². The van der Waals surface area contributed by atoms with Crippen molar-refractivity contribution in [3.63, 3.8) is 0 Å². The zero-order valence-corrected chi connectivity index (χ0v) is 7.22. The van der Waals surface area contributed by atoms with Gasteiger partial charge in [-0.3, -0.25) is 0 Å². The van der Waals surface area contributed by atoms with E-state index in [-0.39, 0.29) is 5.03 Å². The van der Waals surface area contributed by atoms with E-state index >= 15 is 0 Å². The zero-order chi connectivity index (χ0) is 9.07. The molecule has 0 aromatic heterocycles. The molecule has 0 heterocycles. The molecule has 0 fully saturated rings. The predicted molar refractivity (Wildman–Crippen MR) is 42.5 cm³/mol. The van der Waals surface area contributed by atoms with Crippen molar-refractivity contribution in [1.82, 2.24) is 0 Å². The van der Waals surface area contributed by atoms with Crippen molar-refractivity contribution in [2.75, 3.05) is 0 Å². The van der Waals surface area contributed by atoms with Crippen LogP contribution in [0.25, 0.3) is 0 Å². The third-order valence-electron chi connectivity index (χ3n) is 1.36. The van der Waals surface area contributed by atoms with Crippen molar-refractivity contribution < 1.29 is 15.0 Å². The average Bonchev–Trinajstić information content (AvgIpc) is 1.87. The summed E-state index contributed by atoms with van der Waals surface area (Å²) in [5.41, 5.74) is -1.13. The molecule has 0 aromatic carbocycles. The van der Waals surface area contributed by atoms with E-state index in [4.69, 9.17) is 16.7 Å². The van der Waals surface area contributed by atoms with E-state index in [9.17, 15) is 9.90 Å². The average molecular weight is 179 g/mol. The van der Waals surface area contributed by atoms with Crippen LogP contribution in [-0.2, 0) is 4.79 Å². The molecule has 2 N–H and O–H groups in total. The van der Waals surface area contributed by atoms with Crippen molar-refractivity contribution in [2.45, 2.75) is 25.9 Å². The van der Waals surface area contributed by atoms with E-state index in [1.807, 2.05) is 0 Å². The molecule has 0 saturated carbocycles. The number of carboxylic acid groups (broad SMARTS) is 1. The molecule has 0 amide bonds. The molecule has 0 spiro atoms. The van der Waals surface area contributed by atoms with Crippen molar-refractivity contribution >= 4 is 17.6 Å². The lowest BCUT2D eigenvalue weighted by Crippen LogP contribution is -2.20. The van der Waals surface area contributed by atoms with Gasteiger partial charge in [0.1, 0.15) is 5.03 Å². The van der Waals surface area contributed by atoms with E-state index in [2.05, 4.69) is 0 Å². The van der Waals surface area contributed by atoms with Crippen LogP contribution in [-0.4, -0.2) is 21.8 Å². The van der Waals surface area contributed by atoms with Gasteiger partial charge >= 0.3 is 5.97 Å². The quantitative estimate of drug-likeness (QED) is 0.642. The lowest BCUT2D eigenvalue weighted by molar-refractivity contribution is -0.132. The van der Waals surface area contributed by atoms with E-state index < -0.39 is 11.6 Å². The van der Waals surface area contributed by atoms with Crippen LogP contribution in [0.3, 0.4) is 0 Å². The van der Waals surface area contributed by atoms with E-state index in [1.54, 1.807) is 6.92 Å². The maximum Gasteiger partial charge on any atom is 0.347 e. The van der Waals surface area contributed by atoms with Gasteiger partial charge < -0.3 is 10.2 Å². The lowest BCUT2D eigenvalue weighted by Gasteiger charge is -2.15. The Kier molecular flexibility index (Phi) is 3.55. The van der Waals surface area contributed by atoms with E-state index in [0.717, 1.165) is 6.08 Å². The number of aliphatic carboxylic acids is 1. The Labute approximate surface area is 70.3 Å². The first-order chi connectivity index (χ1) is 4.89. The van der Waals surface area contributed by atoms with Crippen LogP contribution in [0.5, 0.6) is 0 Å². The van der Waals surface area contributed by atoms with Crippen molar-refractivity contribution in [3.8, 4) is 0 Å². The van der Waals surface area contributed by atoms with Crippen molar-refractivity contribution in [3.05, 3.63) is 11.1 Å². The fourth-order valence-corrected chi connectivity index (χ4v) is 0.672. The monoisotopic (exact) mass is 178 g/mol. The molecule has 4 heteroatoms. The highest BCUT2D eigenvalue weighted by atomic mass is 35.5. The molecule has 0 rings (SSSR count). The third kappa shape index (κ3) is 4.01. The molecular weight excluding hydrogens is 168 g/mol. The second-order valence-electron chi connectivity index (χ2n) is 2.51. The first-order valence-electron chi connectivity index (χ1n) is 3.23. The van der Waals surface area contributed by atoms with Gasteiger partial charge in [0, 0.05) is 0 Å². The van der Waals surface area contributed by atoms with Gasteiger partial charge in [-0.2, -0.15) is 0 Å². The molecular formula is C7H11ClO3. The summed E-state index contributed by atoms with van der Waals surface area (Å²) in [6, 6.07) is 0. The number of carbonyl (C=O) groups is 1. The highest BCUT2D eigenvalue weighted by Gasteiger charge is 2.16. The number of halogens is 1. The maximum atomic E-state index is 10.2. The van der Waals surface area contributed by atoms with Gasteiger partial charge in [0.15, 0.2) is 0 Å². The normalized spacial score (nSPS) is 17.6. The Morgan fingerprint density at radius 2 is 2.18 bits per heavy atom. The van der Waals surface area contributed by atoms with Crippen LogP contribution in [0, 0.1) is 0 Å². The summed E-state index contributed by atoms with van der Waals surface area (Å²) in [7, 11) is 0. The number of hydrogen-bond donors (Lipinski definition) is 2. The van der Waals surface area contributed by atoms with Gasteiger partial charge in [0.2, 0.25) is 0 Å². The summed E-state index contributed by atoms with van der Waals surface area (Å²) in [6.07, 6.45) is 1.55. The van der Waals surface area contributed by atoms with Crippen LogP contribution in [0.15, 0.2) is 11.1 Å². The van der Waals surface area contributed by atoms with Crippen LogP contribution in [0.2, 0.25) is 0 Å². The summed E-state index contributed by atoms with van der Waals surface area (Å²) in [6.45, 7) is 3.24. The minimum Gasteiger partial charge on any atom is -0.477 e. The molecule has 3 nitrogen and oxygen atoms in total. The van der Waals surface area contributed by atoms with Crippen molar-refractivity contribution in [1.29, 1.82) is 0 Å². The molecule has 0 aliphatic rings. The number of rotatable bonds is 3. The molecule has 0 saturated heterocycles. The smallest absolute Gasteiger partial charge is 0.347 e. The molecule has 0 aromatic rings. The van der Waals surface area contributed by atoms with Crippen LogP contribution < -0.4 is 0 Å². The Bertz CT molecular complexity index is 184. The summed E-state index contributed by atoms with van der Waals surface area (Å²) >= 11 is 5.28. The summed E-state index contributed by atoms with van der Waals surface area (Å²) in [5.74, 6) is -1.22. The standard InChI is InChI=1S/C7H11ClO3/c1-3-7(2,11)4-5(8)6(9)10/h4,11H,3H2,1-2H3,(H,9,10). The second-order valence-corrected chi connectivity index (χ2v) is 2.92. The van der Waals surface area contributed by atoms with Gasteiger partial charge in [0.25, 0.3) is 0 Å². The number of hydrogen-bond acceptors (Lipinski definition) is 2. The Hall–Kier alpha value is -0.540. The fourth-order valence-electron chi connectivity index (χ4n) is 0.437. The van der Waals surface area contributed by atoms with Crippen LogP contribution in [0.1, 0.15) is 20.3 Å². The topological polar surface area (TPSA) is 57.5 Å². The minimum absolute atomic E-state index is 0.350. The largest absolute Gasteiger partial charge is 0.477 e. The fraction of sp³-hybridized carbons (Fsp3) is 0.571. The molecule has 11 heavy (non-hydrogen) atoms. The van der Waals surface area contributed by atoms with Gasteiger partial charge in [0.05, 0.1) is 5.60 Å². The second kappa shape index (κ2) is 3.74. The first-order valence-corrected chi connectivity index (χ1v) is 3.61. The summed E-state index contributed by atoms with van der Waals surface area (Å²) in [5, 5.41) is 17.3. The van der Waals surface area contributed by atoms with Gasteiger partial charge in [-0.1, -0.05) is 18.5 Å². The van der Waals surface area contributed by atoms with E-state index in [1.165, 1.54) is 6.92 Å². The highest BCUT2D eigenvalue weighted by molar-refractivity contribution is 6.40. The maximum absolute atomic E-state index is 10.2. The molecule has 0 radical (unpaired) electrons. The molecule has 0 bridgehead atoms. The summed E-state index contributed by atoms with van der Waals surface area (Å²) in [4.78, 5) is 10.2. The number of carboxylic acids is 1. The Balaban J connectivity index is 4.41. The highest BCUT2D eigenvalue weighted by Crippen LogP contribution is 2.15. The lowest BCUT2D eigenvalue weighted by atomic mass is 10.0. The molecule has 0 aliphatic carbocycles. The molecule has 0 aliphatic heterocycles. The summed E-state index contributed by atoms with van der Waals surface area (Å²) < 4.78 is 0. The van der Waals surface area contributed by atoms with Gasteiger partial charge in [-0.25, -0.2) is 4.79 Å². The first kappa shape index (κ1) is 10.5. The SMILES string of the molecule is CCC(C)(O)C=C(Cl)C(=O)O. The van der Waals surface area contributed by atoms with Crippen LogP contribution >= 0.6 is 11.6 Å². The van der Waals surface area contributed by atoms with Crippen LogP contribution in [0.4, 0.5) is 0 Å². The zero-order valence-electron chi connectivity index (χ0n) is 6.47. The van der Waals surface area contributed by atoms with Crippen molar-refractivity contribution in [2.24, 2.45) is 0 Å². The Morgan fingerprint density at radius 3 is 2.45 bits per heavy atom. The minimum atomic E-state index is -1.22. The van der Waals surface area contributed by atoms with E-state index in [0.29, 0.717) is 6.42 Å². The van der Waals surface area contributed by atoms with Gasteiger partial charge in [-0.15, -0.1) is 0 Å². The number of aliphatic hydroxyl groups is 1.